The summed E-state index contributed by atoms with van der Waals surface area (Å²) in [6, 6.07) is 0. The van der Waals surface area contributed by atoms with Gasteiger partial charge in [-0.2, -0.15) is 5.48 Å². The number of aliphatic hydroxyl groups excluding tert-OH is 1. The Bertz CT molecular complexity index is 431. The molecule has 0 bridgehead atoms. The number of rotatable bonds is 11. The predicted molar refractivity (Wildman–Crippen MR) is 129 cm³/mol. The second-order valence-corrected chi connectivity index (χ2v) is 13.0. The fourth-order valence-corrected chi connectivity index (χ4v) is 2.24. The monoisotopic (exact) mass is 450 g/mol. The van der Waals surface area contributed by atoms with Crippen molar-refractivity contribution in [1.29, 1.82) is 0 Å². The van der Waals surface area contributed by atoms with Crippen LogP contribution in [-0.4, -0.2) is 55.9 Å². The first-order valence-electron chi connectivity index (χ1n) is 11.3. The molecule has 0 aliphatic heterocycles. The van der Waals surface area contributed by atoms with Crippen LogP contribution in [0.2, 0.25) is 0 Å². The van der Waals surface area contributed by atoms with E-state index in [0.29, 0.717) is 33.0 Å². The molecule has 0 aromatic carbocycles. The molecule has 31 heavy (non-hydrogen) atoms. The maximum absolute atomic E-state index is 9.66. The van der Waals surface area contributed by atoms with Crippen molar-refractivity contribution in [2.75, 3.05) is 33.0 Å². The van der Waals surface area contributed by atoms with Crippen LogP contribution >= 0.6 is 0 Å². The third-order valence-electron chi connectivity index (χ3n) is 3.38. The summed E-state index contributed by atoms with van der Waals surface area (Å²) in [5.41, 5.74) is 3.31. The molecule has 0 aromatic heterocycles. The number of nitrogens with two attached hydrogens (primary N) is 1. The molecule has 7 heteroatoms. The quantitative estimate of drug-likeness (QED) is 0.400. The highest BCUT2D eigenvalue weighted by Crippen LogP contribution is 2.21. The zero-order valence-corrected chi connectivity index (χ0v) is 22.6. The Kier molecular flexibility index (Phi) is 15.7. The van der Waals surface area contributed by atoms with Crippen LogP contribution in [0.1, 0.15) is 89.5 Å². The van der Waals surface area contributed by atoms with Crippen LogP contribution in [0.4, 0.5) is 0 Å². The number of hydrogen-bond donors (Lipinski definition) is 3. The molecular formula is C24H54N2O5. The van der Waals surface area contributed by atoms with E-state index in [2.05, 4.69) is 72.6 Å². The van der Waals surface area contributed by atoms with Gasteiger partial charge in [0.2, 0.25) is 0 Å². The Morgan fingerprint density at radius 2 is 1.26 bits per heavy atom. The van der Waals surface area contributed by atoms with Crippen molar-refractivity contribution in [3.8, 4) is 0 Å². The molecule has 0 aliphatic carbocycles. The molecule has 0 spiro atoms. The van der Waals surface area contributed by atoms with E-state index in [-0.39, 0.29) is 34.0 Å². The van der Waals surface area contributed by atoms with Gasteiger partial charge in [-0.25, -0.2) is 5.90 Å². The standard InChI is InChI=1S/C12H28N2O3.C12H26O2/c1-11(2,3)9-15-10(7-16-13)8-17-14-12(4,5)6;1-11(2,3)7-10(13)8-14-9-12(4,5)6/h10,14H,7-9,13H2,1-6H3;10,13H,7-9H2,1-6H3. The minimum atomic E-state index is -0.336. The molecular weight excluding hydrogens is 396 g/mol. The van der Waals surface area contributed by atoms with Crippen LogP contribution in [0.25, 0.3) is 0 Å². The van der Waals surface area contributed by atoms with Gasteiger partial charge in [0.25, 0.3) is 0 Å². The van der Waals surface area contributed by atoms with Crippen molar-refractivity contribution >= 4 is 0 Å². The van der Waals surface area contributed by atoms with Crippen LogP contribution in [0.15, 0.2) is 0 Å². The molecule has 0 aromatic rings. The summed E-state index contributed by atoms with van der Waals surface area (Å²) in [5, 5.41) is 9.66. The molecule has 0 saturated heterocycles. The first-order valence-corrected chi connectivity index (χ1v) is 11.3. The normalized spacial score (nSPS) is 15.3. The third-order valence-corrected chi connectivity index (χ3v) is 3.38. The first-order chi connectivity index (χ1) is 13.7. The fourth-order valence-electron chi connectivity index (χ4n) is 2.24. The van der Waals surface area contributed by atoms with Crippen molar-refractivity contribution in [3.63, 3.8) is 0 Å². The summed E-state index contributed by atoms with van der Waals surface area (Å²) in [4.78, 5) is 9.99. The number of ether oxygens (including phenoxy) is 2. The summed E-state index contributed by atoms with van der Waals surface area (Å²) in [5.74, 6) is 5.07. The van der Waals surface area contributed by atoms with Crippen LogP contribution in [0.5, 0.6) is 0 Å². The Labute approximate surface area is 192 Å². The number of aliphatic hydroxyl groups is 1. The van der Waals surface area contributed by atoms with Gasteiger partial charge in [-0.15, -0.1) is 0 Å². The van der Waals surface area contributed by atoms with E-state index < -0.39 is 0 Å². The van der Waals surface area contributed by atoms with Crippen molar-refractivity contribution in [3.05, 3.63) is 0 Å². The fraction of sp³-hybridized carbons (Fsp3) is 1.00. The Morgan fingerprint density at radius 1 is 0.742 bits per heavy atom. The lowest BCUT2D eigenvalue weighted by Crippen LogP contribution is -2.40. The Morgan fingerprint density at radius 3 is 1.65 bits per heavy atom. The van der Waals surface area contributed by atoms with Gasteiger partial charge < -0.3 is 19.4 Å². The van der Waals surface area contributed by atoms with Gasteiger partial charge in [0.1, 0.15) is 6.10 Å². The molecule has 7 nitrogen and oxygen atoms in total. The van der Waals surface area contributed by atoms with E-state index >= 15 is 0 Å². The first kappa shape index (κ1) is 32.9. The van der Waals surface area contributed by atoms with Crippen molar-refractivity contribution in [2.24, 2.45) is 22.1 Å². The lowest BCUT2D eigenvalue weighted by Gasteiger charge is -2.25. The maximum Gasteiger partial charge on any atom is 0.108 e. The third kappa shape index (κ3) is 29.7. The summed E-state index contributed by atoms with van der Waals surface area (Å²) in [6.45, 7) is 27.7. The lowest BCUT2D eigenvalue weighted by molar-refractivity contribution is -0.109. The minimum Gasteiger partial charge on any atom is -0.391 e. The molecule has 0 heterocycles. The summed E-state index contributed by atoms with van der Waals surface area (Å²) >= 11 is 0. The highest BCUT2D eigenvalue weighted by atomic mass is 16.7. The second kappa shape index (κ2) is 14.8. The molecule has 0 rings (SSSR count). The average molecular weight is 451 g/mol. The molecule has 190 valence electrons. The maximum atomic E-state index is 9.66. The van der Waals surface area contributed by atoms with Crippen LogP contribution in [0, 0.1) is 16.2 Å². The van der Waals surface area contributed by atoms with Gasteiger partial charge >= 0.3 is 0 Å². The smallest absolute Gasteiger partial charge is 0.108 e. The van der Waals surface area contributed by atoms with Gasteiger partial charge in [-0.1, -0.05) is 62.3 Å². The number of nitrogens with one attached hydrogen (secondary N) is 1. The SMILES string of the molecule is CC(C)(C)COC(CON)CONC(C)(C)C.CC(C)(C)COCC(O)CC(C)(C)C. The van der Waals surface area contributed by atoms with E-state index in [4.69, 9.17) is 20.2 Å². The minimum absolute atomic E-state index is 0.0852. The van der Waals surface area contributed by atoms with Crippen molar-refractivity contribution < 1.29 is 24.3 Å². The Balaban J connectivity index is 0. The van der Waals surface area contributed by atoms with Crippen molar-refractivity contribution in [2.45, 2.75) is 107 Å². The summed E-state index contributed by atoms with van der Waals surface area (Å²) in [6.07, 6.45) is 0.295. The van der Waals surface area contributed by atoms with Crippen LogP contribution < -0.4 is 11.4 Å². The lowest BCUT2D eigenvalue weighted by atomic mass is 9.89. The highest BCUT2D eigenvalue weighted by molar-refractivity contribution is 4.68. The number of hydroxylamine groups is 1. The summed E-state index contributed by atoms with van der Waals surface area (Å²) in [7, 11) is 0. The van der Waals surface area contributed by atoms with E-state index in [9.17, 15) is 5.11 Å². The molecule has 0 radical (unpaired) electrons. The van der Waals surface area contributed by atoms with E-state index in [1.165, 1.54) is 0 Å². The zero-order valence-electron chi connectivity index (χ0n) is 22.6. The molecule has 4 N–H and O–H groups in total. The van der Waals surface area contributed by atoms with E-state index in [0.717, 1.165) is 6.42 Å². The summed E-state index contributed by atoms with van der Waals surface area (Å²) < 4.78 is 11.1. The number of hydrogen-bond acceptors (Lipinski definition) is 7. The zero-order chi connectivity index (χ0) is 24.9. The molecule has 0 fully saturated rings. The van der Waals surface area contributed by atoms with Crippen LogP contribution in [0.3, 0.4) is 0 Å². The Hall–Kier alpha value is -0.280. The highest BCUT2D eigenvalue weighted by Gasteiger charge is 2.19. The average Bonchev–Trinajstić information content (AvgIpc) is 2.48. The van der Waals surface area contributed by atoms with Crippen molar-refractivity contribution in [1.82, 2.24) is 5.48 Å². The topological polar surface area (TPSA) is 95.2 Å². The van der Waals surface area contributed by atoms with Gasteiger partial charge in [0.15, 0.2) is 0 Å². The molecule has 0 amide bonds. The second-order valence-electron chi connectivity index (χ2n) is 13.0. The molecule has 2 unspecified atom stereocenters. The van der Waals surface area contributed by atoms with E-state index in [1.807, 2.05) is 20.8 Å². The molecule has 2 atom stereocenters. The van der Waals surface area contributed by atoms with Gasteiger partial charge in [-0.05, 0) is 43.4 Å². The predicted octanol–water partition coefficient (Wildman–Crippen LogP) is 4.47. The van der Waals surface area contributed by atoms with E-state index in [1.54, 1.807) is 0 Å². The van der Waals surface area contributed by atoms with Crippen LogP contribution in [-0.2, 0) is 19.1 Å². The largest absolute Gasteiger partial charge is 0.391 e. The molecule has 0 aliphatic rings. The van der Waals surface area contributed by atoms with Gasteiger partial charge in [-0.3, -0.25) is 4.84 Å². The van der Waals surface area contributed by atoms with Gasteiger partial charge in [0.05, 0.1) is 39.1 Å². The van der Waals surface area contributed by atoms with Gasteiger partial charge in [0, 0.05) is 5.54 Å². The molecule has 0 saturated carbocycles.